The van der Waals surface area contributed by atoms with E-state index in [4.69, 9.17) is 4.74 Å². The van der Waals surface area contributed by atoms with E-state index in [0.717, 1.165) is 6.07 Å². The molecule has 0 heterocycles. The number of nitro groups is 2. The molecule has 2 aromatic rings. The first kappa shape index (κ1) is 16.8. The number of nitrogens with zero attached hydrogens (tertiary/aromatic N) is 2. The van der Waals surface area contributed by atoms with Crippen molar-refractivity contribution in [3.63, 3.8) is 0 Å². The maximum absolute atomic E-state index is 11.3. The molecule has 0 saturated heterocycles. The number of ketones is 1. The van der Waals surface area contributed by atoms with Gasteiger partial charge in [-0.15, -0.1) is 0 Å². The van der Waals surface area contributed by atoms with E-state index in [9.17, 15) is 25.0 Å². The molecule has 0 atom stereocenters. The summed E-state index contributed by atoms with van der Waals surface area (Å²) in [5.41, 5.74) is -0.402. The SMILES string of the molecule is CC(=O)c1ccc(Oc2cc([N+](=O)[O-])ccc2I)c([N+](=O)[O-])c1. The highest BCUT2D eigenvalue weighted by Gasteiger charge is 2.20. The van der Waals surface area contributed by atoms with Gasteiger partial charge in [0.1, 0.15) is 5.75 Å². The van der Waals surface area contributed by atoms with Gasteiger partial charge < -0.3 is 4.74 Å². The zero-order chi connectivity index (χ0) is 17.1. The van der Waals surface area contributed by atoms with E-state index in [1.54, 1.807) is 0 Å². The lowest BCUT2D eigenvalue weighted by molar-refractivity contribution is -0.386. The normalized spacial score (nSPS) is 10.2. The Balaban J connectivity index is 2.48. The topological polar surface area (TPSA) is 113 Å². The summed E-state index contributed by atoms with van der Waals surface area (Å²) >= 11 is 1.90. The number of non-ortho nitro benzene ring substituents is 1. The van der Waals surface area contributed by atoms with Crippen molar-refractivity contribution in [1.82, 2.24) is 0 Å². The molecule has 0 spiro atoms. The third kappa shape index (κ3) is 3.80. The molecule has 8 nitrogen and oxygen atoms in total. The number of ether oxygens (including phenoxy) is 1. The van der Waals surface area contributed by atoms with Crippen LogP contribution in [0.3, 0.4) is 0 Å². The number of carbonyl (C=O) groups excluding carboxylic acids is 1. The molecule has 0 aliphatic heterocycles. The first-order valence-corrected chi connectivity index (χ1v) is 7.28. The summed E-state index contributed by atoms with van der Waals surface area (Å²) in [4.78, 5) is 32.0. The highest BCUT2D eigenvalue weighted by atomic mass is 127. The van der Waals surface area contributed by atoms with Crippen molar-refractivity contribution >= 4 is 39.7 Å². The number of halogens is 1. The van der Waals surface area contributed by atoms with Crippen LogP contribution >= 0.6 is 22.6 Å². The lowest BCUT2D eigenvalue weighted by Crippen LogP contribution is -1.99. The molecular formula is C14H9IN2O6. The van der Waals surface area contributed by atoms with Gasteiger partial charge in [-0.3, -0.25) is 25.0 Å². The summed E-state index contributed by atoms with van der Waals surface area (Å²) in [7, 11) is 0. The van der Waals surface area contributed by atoms with Crippen molar-refractivity contribution in [3.8, 4) is 11.5 Å². The predicted molar refractivity (Wildman–Crippen MR) is 89.0 cm³/mol. The van der Waals surface area contributed by atoms with Crippen LogP contribution in [0.5, 0.6) is 11.5 Å². The van der Waals surface area contributed by atoms with Gasteiger partial charge in [-0.05, 0) is 47.7 Å². The van der Waals surface area contributed by atoms with Gasteiger partial charge in [0, 0.05) is 17.7 Å². The van der Waals surface area contributed by atoms with Crippen molar-refractivity contribution in [3.05, 3.63) is 65.8 Å². The van der Waals surface area contributed by atoms with Gasteiger partial charge in [0.15, 0.2) is 5.78 Å². The molecule has 0 aliphatic carbocycles. The van der Waals surface area contributed by atoms with Crippen LogP contribution in [0.2, 0.25) is 0 Å². The van der Waals surface area contributed by atoms with Gasteiger partial charge in [-0.25, -0.2) is 0 Å². The first-order chi connectivity index (χ1) is 10.8. The van der Waals surface area contributed by atoms with Crippen molar-refractivity contribution < 1.29 is 19.4 Å². The molecule has 23 heavy (non-hydrogen) atoms. The highest BCUT2D eigenvalue weighted by Crippen LogP contribution is 2.35. The first-order valence-electron chi connectivity index (χ1n) is 6.20. The zero-order valence-electron chi connectivity index (χ0n) is 11.7. The second-order valence-electron chi connectivity index (χ2n) is 4.47. The Morgan fingerprint density at radius 3 is 2.30 bits per heavy atom. The number of hydrogen-bond donors (Lipinski definition) is 0. The lowest BCUT2D eigenvalue weighted by atomic mass is 10.1. The Hall–Kier alpha value is -2.56. The predicted octanol–water partition coefficient (Wildman–Crippen LogP) is 4.10. The van der Waals surface area contributed by atoms with Crippen LogP contribution in [-0.2, 0) is 0 Å². The molecule has 0 bridgehead atoms. The summed E-state index contributed by atoms with van der Waals surface area (Å²) in [6, 6.07) is 7.77. The molecule has 0 unspecified atom stereocenters. The molecule has 2 rings (SSSR count). The molecule has 0 amide bonds. The number of rotatable bonds is 5. The Morgan fingerprint density at radius 2 is 1.74 bits per heavy atom. The van der Waals surface area contributed by atoms with Crippen LogP contribution in [0.15, 0.2) is 36.4 Å². The molecular weight excluding hydrogens is 419 g/mol. The van der Waals surface area contributed by atoms with E-state index in [0.29, 0.717) is 3.57 Å². The fourth-order valence-corrected chi connectivity index (χ4v) is 2.21. The fraction of sp³-hybridized carbons (Fsp3) is 0.0714. The van der Waals surface area contributed by atoms with Gasteiger partial charge in [0.2, 0.25) is 5.75 Å². The summed E-state index contributed by atoms with van der Waals surface area (Å²) in [5.74, 6) is -0.290. The van der Waals surface area contributed by atoms with E-state index in [-0.39, 0.29) is 34.2 Å². The highest BCUT2D eigenvalue weighted by molar-refractivity contribution is 14.1. The zero-order valence-corrected chi connectivity index (χ0v) is 13.8. The second-order valence-corrected chi connectivity index (χ2v) is 5.63. The number of hydrogen-bond acceptors (Lipinski definition) is 6. The van der Waals surface area contributed by atoms with E-state index in [1.165, 1.54) is 37.3 Å². The number of Topliss-reactive ketones (excluding diaryl/α,β-unsaturated/α-hetero) is 1. The maximum Gasteiger partial charge on any atom is 0.312 e. The number of carbonyl (C=O) groups is 1. The summed E-state index contributed by atoms with van der Waals surface area (Å²) in [6.07, 6.45) is 0. The summed E-state index contributed by atoms with van der Waals surface area (Å²) in [6.45, 7) is 1.29. The maximum atomic E-state index is 11.3. The molecule has 0 N–H and O–H groups in total. The van der Waals surface area contributed by atoms with Crippen molar-refractivity contribution in [2.45, 2.75) is 6.92 Å². The Kier molecular flexibility index (Phi) is 4.89. The molecule has 0 fully saturated rings. The van der Waals surface area contributed by atoms with Crippen LogP contribution in [0.1, 0.15) is 17.3 Å². The van der Waals surface area contributed by atoms with Crippen LogP contribution in [0.25, 0.3) is 0 Å². The van der Waals surface area contributed by atoms with E-state index >= 15 is 0 Å². The fourth-order valence-electron chi connectivity index (χ4n) is 1.77. The van der Waals surface area contributed by atoms with Gasteiger partial charge in [0.05, 0.1) is 19.5 Å². The van der Waals surface area contributed by atoms with Crippen molar-refractivity contribution in [2.24, 2.45) is 0 Å². The molecule has 0 aliphatic rings. The molecule has 2 aromatic carbocycles. The van der Waals surface area contributed by atoms with Gasteiger partial charge in [0.25, 0.3) is 5.69 Å². The minimum Gasteiger partial charge on any atom is -0.449 e. The van der Waals surface area contributed by atoms with E-state index < -0.39 is 9.85 Å². The molecule has 0 aromatic heterocycles. The number of nitro benzene ring substituents is 2. The van der Waals surface area contributed by atoms with Crippen LogP contribution in [0.4, 0.5) is 11.4 Å². The monoisotopic (exact) mass is 428 g/mol. The largest absolute Gasteiger partial charge is 0.449 e. The summed E-state index contributed by atoms with van der Waals surface area (Å²) < 4.78 is 6.02. The van der Waals surface area contributed by atoms with Crippen LogP contribution in [-0.4, -0.2) is 15.6 Å². The third-order valence-corrected chi connectivity index (χ3v) is 3.80. The minimum absolute atomic E-state index is 0.0987. The minimum atomic E-state index is -0.675. The van der Waals surface area contributed by atoms with Gasteiger partial charge in [-0.2, -0.15) is 0 Å². The third-order valence-electron chi connectivity index (χ3n) is 2.91. The quantitative estimate of drug-likeness (QED) is 0.307. The lowest BCUT2D eigenvalue weighted by Gasteiger charge is -2.08. The Morgan fingerprint density at radius 1 is 1.04 bits per heavy atom. The van der Waals surface area contributed by atoms with Crippen molar-refractivity contribution in [2.75, 3.05) is 0 Å². The molecule has 0 saturated carbocycles. The van der Waals surface area contributed by atoms with Crippen molar-refractivity contribution in [1.29, 1.82) is 0 Å². The molecule has 0 radical (unpaired) electrons. The van der Waals surface area contributed by atoms with E-state index in [1.807, 2.05) is 22.6 Å². The smallest absolute Gasteiger partial charge is 0.312 e. The number of benzene rings is 2. The van der Waals surface area contributed by atoms with Crippen LogP contribution < -0.4 is 4.74 Å². The average Bonchev–Trinajstić information content (AvgIpc) is 2.49. The Bertz CT molecular complexity index is 821. The summed E-state index contributed by atoms with van der Waals surface area (Å²) in [5, 5.41) is 22.0. The van der Waals surface area contributed by atoms with Gasteiger partial charge in [-0.1, -0.05) is 0 Å². The second kappa shape index (κ2) is 6.69. The van der Waals surface area contributed by atoms with Gasteiger partial charge >= 0.3 is 5.69 Å². The van der Waals surface area contributed by atoms with E-state index in [2.05, 4.69) is 0 Å². The average molecular weight is 428 g/mol. The standard InChI is InChI=1S/C14H9IN2O6/c1-8(18)9-2-5-13(12(6-9)17(21)22)23-14-7-10(16(19)20)3-4-11(14)15/h2-7H,1H3. The molecule has 118 valence electrons. The van der Waals surface area contributed by atoms with Crippen LogP contribution in [0, 0.1) is 23.8 Å². The Labute approximate surface area is 143 Å². The molecule has 9 heteroatoms.